The van der Waals surface area contributed by atoms with Crippen molar-refractivity contribution in [3.8, 4) is 0 Å². The standard InChI is InChI=1S/C13H17NO2/c1-2-8-13(14,10-12(15)16)9-11-6-4-3-5-7-11/h2-7H,1,8-10,14H2,(H,15,16)/t13-/m0/s1. The lowest BCUT2D eigenvalue weighted by molar-refractivity contribution is -0.138. The Hall–Kier alpha value is -1.61. The molecule has 1 atom stereocenters. The predicted octanol–water partition coefficient (Wildman–Crippen LogP) is 1.98. The van der Waals surface area contributed by atoms with E-state index in [4.69, 9.17) is 10.8 Å². The van der Waals surface area contributed by atoms with Gasteiger partial charge in [0.2, 0.25) is 0 Å². The van der Waals surface area contributed by atoms with Crippen molar-refractivity contribution in [3.05, 3.63) is 48.6 Å². The van der Waals surface area contributed by atoms with Crippen molar-refractivity contribution in [3.63, 3.8) is 0 Å². The van der Waals surface area contributed by atoms with Gasteiger partial charge in [-0.05, 0) is 18.4 Å². The zero-order chi connectivity index (χ0) is 12.0. The second-order valence-corrected chi connectivity index (χ2v) is 4.09. The summed E-state index contributed by atoms with van der Waals surface area (Å²) in [6.45, 7) is 3.62. The summed E-state index contributed by atoms with van der Waals surface area (Å²) in [6.07, 6.45) is 2.67. The van der Waals surface area contributed by atoms with Crippen molar-refractivity contribution in [1.29, 1.82) is 0 Å². The molecule has 86 valence electrons. The molecule has 3 heteroatoms. The molecule has 0 radical (unpaired) electrons. The van der Waals surface area contributed by atoms with Crippen LogP contribution < -0.4 is 5.73 Å². The molecule has 0 unspecified atom stereocenters. The van der Waals surface area contributed by atoms with Crippen LogP contribution >= 0.6 is 0 Å². The number of hydrogen-bond donors (Lipinski definition) is 2. The summed E-state index contributed by atoms with van der Waals surface area (Å²) in [5, 5.41) is 8.84. The average molecular weight is 219 g/mol. The highest BCUT2D eigenvalue weighted by Crippen LogP contribution is 2.19. The average Bonchev–Trinajstić information content (AvgIpc) is 2.17. The van der Waals surface area contributed by atoms with Gasteiger partial charge in [-0.15, -0.1) is 6.58 Å². The molecule has 1 aromatic rings. The Bertz CT molecular complexity index is 361. The molecule has 0 heterocycles. The van der Waals surface area contributed by atoms with Crippen LogP contribution in [0.1, 0.15) is 18.4 Å². The normalized spacial score (nSPS) is 14.1. The molecule has 0 amide bonds. The highest BCUT2D eigenvalue weighted by Gasteiger charge is 2.27. The second kappa shape index (κ2) is 5.47. The maximum Gasteiger partial charge on any atom is 0.305 e. The number of nitrogens with two attached hydrogens (primary N) is 1. The number of aliphatic carboxylic acids is 1. The first kappa shape index (κ1) is 12.5. The topological polar surface area (TPSA) is 63.3 Å². The van der Waals surface area contributed by atoms with E-state index in [-0.39, 0.29) is 6.42 Å². The lowest BCUT2D eigenvalue weighted by atomic mass is 9.85. The van der Waals surface area contributed by atoms with Crippen molar-refractivity contribution < 1.29 is 9.90 Å². The van der Waals surface area contributed by atoms with Crippen molar-refractivity contribution in [2.75, 3.05) is 0 Å². The van der Waals surface area contributed by atoms with Gasteiger partial charge in [-0.2, -0.15) is 0 Å². The molecule has 0 saturated heterocycles. The van der Waals surface area contributed by atoms with Crippen molar-refractivity contribution in [2.24, 2.45) is 5.73 Å². The number of carboxylic acids is 1. The van der Waals surface area contributed by atoms with Crippen LogP contribution in [-0.2, 0) is 11.2 Å². The molecule has 0 saturated carbocycles. The third kappa shape index (κ3) is 3.87. The fourth-order valence-corrected chi connectivity index (χ4v) is 1.80. The summed E-state index contributed by atoms with van der Waals surface area (Å²) < 4.78 is 0. The Morgan fingerprint density at radius 1 is 1.44 bits per heavy atom. The Morgan fingerprint density at radius 3 is 2.56 bits per heavy atom. The SMILES string of the molecule is C=CC[C@@](N)(CC(=O)O)Cc1ccccc1. The van der Waals surface area contributed by atoms with Crippen LogP contribution in [0.3, 0.4) is 0 Å². The van der Waals surface area contributed by atoms with Gasteiger partial charge in [-0.1, -0.05) is 36.4 Å². The van der Waals surface area contributed by atoms with E-state index >= 15 is 0 Å². The summed E-state index contributed by atoms with van der Waals surface area (Å²) in [5.41, 5.74) is 6.40. The van der Waals surface area contributed by atoms with Gasteiger partial charge in [-0.3, -0.25) is 4.79 Å². The lowest BCUT2D eigenvalue weighted by Crippen LogP contribution is -2.43. The van der Waals surface area contributed by atoms with Crippen molar-refractivity contribution in [1.82, 2.24) is 0 Å². The van der Waals surface area contributed by atoms with Gasteiger partial charge in [0.1, 0.15) is 0 Å². The third-order valence-corrected chi connectivity index (χ3v) is 2.45. The molecular formula is C13H17NO2. The number of rotatable bonds is 6. The van der Waals surface area contributed by atoms with Gasteiger partial charge in [0, 0.05) is 5.54 Å². The first-order valence-electron chi connectivity index (χ1n) is 5.21. The van der Waals surface area contributed by atoms with Crippen LogP contribution in [0.25, 0.3) is 0 Å². The van der Waals surface area contributed by atoms with Gasteiger partial charge in [0.15, 0.2) is 0 Å². The van der Waals surface area contributed by atoms with Gasteiger partial charge < -0.3 is 10.8 Å². The Labute approximate surface area is 95.6 Å². The zero-order valence-electron chi connectivity index (χ0n) is 9.23. The van der Waals surface area contributed by atoms with Gasteiger partial charge in [-0.25, -0.2) is 0 Å². The molecule has 3 N–H and O–H groups in total. The molecule has 0 fully saturated rings. The van der Waals surface area contributed by atoms with E-state index < -0.39 is 11.5 Å². The van der Waals surface area contributed by atoms with Crippen molar-refractivity contribution in [2.45, 2.75) is 24.8 Å². The van der Waals surface area contributed by atoms with E-state index in [9.17, 15) is 4.79 Å². The highest BCUT2D eigenvalue weighted by molar-refractivity contribution is 5.68. The van der Waals surface area contributed by atoms with E-state index in [1.165, 1.54) is 0 Å². The van der Waals surface area contributed by atoms with Crippen LogP contribution in [0.5, 0.6) is 0 Å². The summed E-state index contributed by atoms with van der Waals surface area (Å²) in [5.74, 6) is -0.875. The summed E-state index contributed by atoms with van der Waals surface area (Å²) >= 11 is 0. The van der Waals surface area contributed by atoms with Crippen LogP contribution in [-0.4, -0.2) is 16.6 Å². The molecule has 0 aliphatic carbocycles. The number of carbonyl (C=O) groups is 1. The molecule has 0 aromatic heterocycles. The largest absolute Gasteiger partial charge is 0.481 e. The number of carboxylic acid groups (broad SMARTS) is 1. The van der Waals surface area contributed by atoms with Crippen LogP contribution in [0.2, 0.25) is 0 Å². The van der Waals surface area contributed by atoms with Gasteiger partial charge in [0.05, 0.1) is 6.42 Å². The maximum atomic E-state index is 10.8. The Balaban J connectivity index is 2.78. The molecule has 1 rings (SSSR count). The Kier molecular flexibility index (Phi) is 4.26. The molecule has 3 nitrogen and oxygen atoms in total. The quantitative estimate of drug-likeness (QED) is 0.719. The minimum atomic E-state index is -0.875. The van der Waals surface area contributed by atoms with E-state index in [1.54, 1.807) is 6.08 Å². The van der Waals surface area contributed by atoms with Crippen LogP contribution in [0.4, 0.5) is 0 Å². The first-order valence-corrected chi connectivity index (χ1v) is 5.21. The predicted molar refractivity (Wildman–Crippen MR) is 64.1 cm³/mol. The van der Waals surface area contributed by atoms with Gasteiger partial charge in [0.25, 0.3) is 0 Å². The fourth-order valence-electron chi connectivity index (χ4n) is 1.80. The minimum Gasteiger partial charge on any atom is -0.481 e. The lowest BCUT2D eigenvalue weighted by Gasteiger charge is -2.26. The molecule has 0 spiro atoms. The van der Waals surface area contributed by atoms with Crippen LogP contribution in [0.15, 0.2) is 43.0 Å². The summed E-state index contributed by atoms with van der Waals surface area (Å²) in [7, 11) is 0. The third-order valence-electron chi connectivity index (χ3n) is 2.45. The van der Waals surface area contributed by atoms with E-state index in [1.807, 2.05) is 30.3 Å². The smallest absolute Gasteiger partial charge is 0.305 e. The zero-order valence-corrected chi connectivity index (χ0v) is 9.23. The van der Waals surface area contributed by atoms with Gasteiger partial charge >= 0.3 is 5.97 Å². The van der Waals surface area contributed by atoms with E-state index in [0.717, 1.165) is 5.56 Å². The minimum absolute atomic E-state index is 0.0477. The van der Waals surface area contributed by atoms with Crippen LogP contribution in [0, 0.1) is 0 Å². The first-order chi connectivity index (χ1) is 7.56. The summed E-state index contributed by atoms with van der Waals surface area (Å²) in [6, 6.07) is 9.67. The second-order valence-electron chi connectivity index (χ2n) is 4.09. The Morgan fingerprint density at radius 2 is 2.06 bits per heavy atom. The number of hydrogen-bond acceptors (Lipinski definition) is 2. The molecule has 0 aliphatic rings. The molecule has 0 bridgehead atoms. The molecular weight excluding hydrogens is 202 g/mol. The monoisotopic (exact) mass is 219 g/mol. The van der Waals surface area contributed by atoms with Crippen molar-refractivity contribution >= 4 is 5.97 Å². The van der Waals surface area contributed by atoms with E-state index in [0.29, 0.717) is 12.8 Å². The molecule has 16 heavy (non-hydrogen) atoms. The number of benzene rings is 1. The molecule has 0 aliphatic heterocycles. The fraction of sp³-hybridized carbons (Fsp3) is 0.308. The van der Waals surface area contributed by atoms with E-state index in [2.05, 4.69) is 6.58 Å². The maximum absolute atomic E-state index is 10.8. The molecule has 1 aromatic carbocycles. The highest BCUT2D eigenvalue weighted by atomic mass is 16.4. The summed E-state index contributed by atoms with van der Waals surface area (Å²) in [4.78, 5) is 10.8.